The summed E-state index contributed by atoms with van der Waals surface area (Å²) in [5.41, 5.74) is 1.02. The fraction of sp³-hybridized carbons (Fsp3) is 0.0417. The number of allylic oxidation sites excluding steroid dienone is 6. The highest BCUT2D eigenvalue weighted by Gasteiger charge is 2.49. The molecule has 0 N–H and O–H groups in total. The summed E-state index contributed by atoms with van der Waals surface area (Å²) in [6.07, 6.45) is 11.5. The summed E-state index contributed by atoms with van der Waals surface area (Å²) >= 11 is 4.19. The van der Waals surface area contributed by atoms with E-state index in [0.29, 0.717) is 5.76 Å². The second kappa shape index (κ2) is 8.26. The Morgan fingerprint density at radius 2 is 1.54 bits per heavy atom. The number of carbonyl (C=O) groups is 1. The molecule has 1 aromatic heterocycles. The smallest absolute Gasteiger partial charge is 0.221 e. The van der Waals surface area contributed by atoms with E-state index in [9.17, 15) is 4.79 Å². The van der Waals surface area contributed by atoms with Gasteiger partial charge in [-0.3, -0.25) is 4.79 Å². The van der Waals surface area contributed by atoms with Crippen molar-refractivity contribution >= 4 is 37.8 Å². The maximum atomic E-state index is 12.7. The van der Waals surface area contributed by atoms with E-state index in [1.807, 2.05) is 24.3 Å². The summed E-state index contributed by atoms with van der Waals surface area (Å²) in [5.74, 6) is -1.78. The number of halogens is 1. The summed E-state index contributed by atoms with van der Waals surface area (Å²) in [6.45, 7) is 0. The summed E-state index contributed by atoms with van der Waals surface area (Å²) in [4.78, 5) is 12.7. The van der Waals surface area contributed by atoms with Crippen LogP contribution in [0.5, 0.6) is 0 Å². The standard InChI is InChI=1S/C24H19BrO2P/c25-28(20-11-3-1-4-12-20,21-13-5-2-6-14-21)24-16-8-7-10-19(24)18-22(26)23-15-9-17-27-23/h1-18,24H/q+1. The van der Waals surface area contributed by atoms with Gasteiger partial charge in [-0.1, -0.05) is 54.6 Å². The molecule has 0 saturated heterocycles. The number of carbonyl (C=O) groups excluding carboxylic acids is 1. The van der Waals surface area contributed by atoms with Gasteiger partial charge in [-0.05, 0) is 48.6 Å². The molecule has 1 heterocycles. The molecular weight excluding hydrogens is 431 g/mol. The molecule has 0 radical (unpaired) electrons. The lowest BCUT2D eigenvalue weighted by atomic mass is 10.1. The fourth-order valence-electron chi connectivity index (χ4n) is 3.40. The second-order valence-corrected chi connectivity index (χ2v) is 12.7. The van der Waals surface area contributed by atoms with Crippen LogP contribution in [0.15, 0.2) is 119 Å². The largest absolute Gasteiger partial charge is 0.461 e. The van der Waals surface area contributed by atoms with E-state index < -0.39 is 5.96 Å². The molecule has 0 aliphatic heterocycles. The number of hydrogen-bond acceptors (Lipinski definition) is 2. The van der Waals surface area contributed by atoms with Gasteiger partial charge in [-0.25, -0.2) is 0 Å². The van der Waals surface area contributed by atoms with E-state index >= 15 is 0 Å². The topological polar surface area (TPSA) is 30.2 Å². The van der Waals surface area contributed by atoms with Gasteiger partial charge in [0.1, 0.15) is 16.3 Å². The van der Waals surface area contributed by atoms with Crippen LogP contribution in [-0.4, -0.2) is 11.4 Å². The van der Waals surface area contributed by atoms with Crippen molar-refractivity contribution in [2.45, 2.75) is 5.66 Å². The molecular formula is C24H19BrO2P+. The van der Waals surface area contributed by atoms with Gasteiger partial charge in [0.25, 0.3) is 0 Å². The highest BCUT2D eigenvalue weighted by Crippen LogP contribution is 2.70. The molecule has 138 valence electrons. The molecule has 3 aromatic rings. The Labute approximate surface area is 173 Å². The molecule has 2 aromatic carbocycles. The maximum Gasteiger partial charge on any atom is 0.221 e. The highest BCUT2D eigenvalue weighted by molar-refractivity contribution is 9.44. The van der Waals surface area contributed by atoms with Gasteiger partial charge in [0.05, 0.1) is 6.26 Å². The summed E-state index contributed by atoms with van der Waals surface area (Å²) in [5, 5.41) is 2.48. The Morgan fingerprint density at radius 1 is 0.893 bits per heavy atom. The molecule has 2 nitrogen and oxygen atoms in total. The van der Waals surface area contributed by atoms with Gasteiger partial charge in [0.2, 0.25) is 5.78 Å². The van der Waals surface area contributed by atoms with Crippen molar-refractivity contribution in [2.75, 3.05) is 0 Å². The zero-order valence-corrected chi connectivity index (χ0v) is 17.6. The van der Waals surface area contributed by atoms with Gasteiger partial charge >= 0.3 is 0 Å². The molecule has 4 rings (SSSR count). The minimum Gasteiger partial charge on any atom is -0.461 e. The van der Waals surface area contributed by atoms with Crippen LogP contribution in [0.1, 0.15) is 10.6 Å². The molecule has 0 spiro atoms. The van der Waals surface area contributed by atoms with Gasteiger partial charge in [0.15, 0.2) is 27.2 Å². The number of furan rings is 1. The first-order valence-electron chi connectivity index (χ1n) is 9.03. The van der Waals surface area contributed by atoms with Crippen LogP contribution in [0.3, 0.4) is 0 Å². The molecule has 28 heavy (non-hydrogen) atoms. The van der Waals surface area contributed by atoms with Crippen LogP contribution in [0, 0.1) is 0 Å². The predicted octanol–water partition coefficient (Wildman–Crippen LogP) is 5.86. The molecule has 0 saturated carbocycles. The zero-order valence-electron chi connectivity index (χ0n) is 15.1. The van der Waals surface area contributed by atoms with E-state index in [2.05, 4.69) is 76.2 Å². The minimum absolute atomic E-state index is 0.0428. The van der Waals surface area contributed by atoms with E-state index in [-0.39, 0.29) is 11.4 Å². The molecule has 0 bridgehead atoms. The minimum atomic E-state index is -2.02. The van der Waals surface area contributed by atoms with Crippen LogP contribution in [0.4, 0.5) is 0 Å². The fourth-order valence-corrected chi connectivity index (χ4v) is 9.00. The predicted molar refractivity (Wildman–Crippen MR) is 121 cm³/mol. The van der Waals surface area contributed by atoms with Gasteiger partial charge < -0.3 is 4.42 Å². The Morgan fingerprint density at radius 3 is 2.11 bits per heavy atom. The third-order valence-electron chi connectivity index (χ3n) is 4.74. The average molecular weight is 450 g/mol. The van der Waals surface area contributed by atoms with Crippen molar-refractivity contribution in [3.8, 4) is 0 Å². The summed E-state index contributed by atoms with van der Waals surface area (Å²) in [6, 6.07) is 24.4. The maximum absolute atomic E-state index is 12.7. The van der Waals surface area contributed by atoms with E-state index in [1.54, 1.807) is 18.2 Å². The zero-order chi connectivity index (χ0) is 19.4. The number of hydrogen-bond donors (Lipinski definition) is 0. The first-order valence-corrected chi connectivity index (χ1v) is 12.9. The third-order valence-corrected chi connectivity index (χ3v) is 11.9. The number of benzene rings is 2. The lowest BCUT2D eigenvalue weighted by Crippen LogP contribution is -2.28. The van der Waals surface area contributed by atoms with E-state index in [1.165, 1.54) is 16.9 Å². The average Bonchev–Trinajstić information content (AvgIpc) is 3.30. The Bertz CT molecular complexity index is 995. The normalized spacial score (nSPS) is 17.8. The Kier molecular flexibility index (Phi) is 5.57. The summed E-state index contributed by atoms with van der Waals surface area (Å²) in [7, 11) is 0. The third kappa shape index (κ3) is 3.61. The van der Waals surface area contributed by atoms with E-state index in [0.717, 1.165) is 5.57 Å². The van der Waals surface area contributed by atoms with Crippen molar-refractivity contribution in [1.82, 2.24) is 0 Å². The SMILES string of the molecule is O=C(C=C1C=CC=CC1[P+](Br)(c1ccccc1)c1ccccc1)c1ccco1. The van der Waals surface area contributed by atoms with Gasteiger partial charge in [-0.2, -0.15) is 0 Å². The Hall–Kier alpha value is -2.48. The monoisotopic (exact) mass is 449 g/mol. The lowest BCUT2D eigenvalue weighted by Gasteiger charge is -2.28. The van der Waals surface area contributed by atoms with Crippen molar-refractivity contribution in [3.05, 3.63) is 121 Å². The van der Waals surface area contributed by atoms with Crippen LogP contribution in [0.25, 0.3) is 0 Å². The number of ketones is 1. The van der Waals surface area contributed by atoms with Crippen molar-refractivity contribution < 1.29 is 9.21 Å². The molecule has 1 atom stereocenters. The molecule has 1 unspecified atom stereocenters. The molecule has 0 fully saturated rings. The van der Waals surface area contributed by atoms with Crippen molar-refractivity contribution in [3.63, 3.8) is 0 Å². The quantitative estimate of drug-likeness (QED) is 0.277. The first-order chi connectivity index (χ1) is 13.7. The van der Waals surface area contributed by atoms with Crippen LogP contribution in [0.2, 0.25) is 0 Å². The molecule has 0 amide bonds. The van der Waals surface area contributed by atoms with Crippen LogP contribution in [-0.2, 0) is 0 Å². The highest BCUT2D eigenvalue weighted by atomic mass is 79.9. The first kappa shape index (κ1) is 18.9. The molecule has 1 aliphatic rings. The van der Waals surface area contributed by atoms with Gasteiger partial charge in [0, 0.05) is 5.57 Å². The van der Waals surface area contributed by atoms with Gasteiger partial charge in [-0.15, -0.1) is 0 Å². The second-order valence-electron chi connectivity index (χ2n) is 6.48. The van der Waals surface area contributed by atoms with Crippen LogP contribution >= 0.6 is 21.5 Å². The molecule has 4 heteroatoms. The Balaban J connectivity index is 1.84. The lowest BCUT2D eigenvalue weighted by molar-refractivity contribution is 0.102. The van der Waals surface area contributed by atoms with Crippen LogP contribution < -0.4 is 10.6 Å². The summed E-state index contributed by atoms with van der Waals surface area (Å²) < 4.78 is 5.29. The number of rotatable bonds is 5. The van der Waals surface area contributed by atoms with Crippen molar-refractivity contribution in [1.29, 1.82) is 0 Å². The van der Waals surface area contributed by atoms with Crippen molar-refractivity contribution in [2.24, 2.45) is 0 Å². The molecule has 1 aliphatic carbocycles. The van der Waals surface area contributed by atoms with E-state index in [4.69, 9.17) is 4.42 Å².